The van der Waals surface area contributed by atoms with Crippen LogP contribution in [0.4, 0.5) is 19.3 Å². The van der Waals surface area contributed by atoms with Gasteiger partial charge in [-0.1, -0.05) is 18.2 Å². The largest absolute Gasteiger partial charge is 0.364 e. The summed E-state index contributed by atoms with van der Waals surface area (Å²) in [5.74, 6) is -0.570. The molecule has 0 radical (unpaired) electrons. The fourth-order valence-corrected chi connectivity index (χ4v) is 2.54. The standard InChI is InChI=1S/C18H16F2N4O2/c19-16(20)11-3-1-2-10(6-11)9-22-18(26)23-13-4-5-14-12(7-13)8-15(24-14)17(21)25/h1-8,16,24H,9H2,(H2,21,25)(H2,22,23,26). The van der Waals surface area contributed by atoms with Crippen LogP contribution in [0.15, 0.2) is 48.5 Å². The third-order valence-corrected chi connectivity index (χ3v) is 3.80. The number of alkyl halides is 2. The smallest absolute Gasteiger partial charge is 0.319 e. The van der Waals surface area contributed by atoms with Crippen LogP contribution < -0.4 is 16.4 Å². The van der Waals surface area contributed by atoms with E-state index in [1.54, 1.807) is 30.3 Å². The fraction of sp³-hybridized carbons (Fsp3) is 0.111. The lowest BCUT2D eigenvalue weighted by atomic mass is 10.1. The highest BCUT2D eigenvalue weighted by molar-refractivity contribution is 5.99. The van der Waals surface area contributed by atoms with Gasteiger partial charge in [0.1, 0.15) is 5.69 Å². The van der Waals surface area contributed by atoms with E-state index in [4.69, 9.17) is 5.73 Å². The first-order valence-corrected chi connectivity index (χ1v) is 7.77. The Hall–Kier alpha value is -3.42. The van der Waals surface area contributed by atoms with Gasteiger partial charge < -0.3 is 21.4 Å². The molecule has 5 N–H and O–H groups in total. The number of primary amides is 1. The summed E-state index contributed by atoms with van der Waals surface area (Å²) in [5, 5.41) is 5.98. The molecule has 0 spiro atoms. The second-order valence-corrected chi connectivity index (χ2v) is 5.70. The van der Waals surface area contributed by atoms with Gasteiger partial charge in [0.05, 0.1) is 0 Å². The Kier molecular flexibility index (Phi) is 4.83. The number of benzene rings is 2. The number of fused-ring (bicyclic) bond motifs is 1. The van der Waals surface area contributed by atoms with Crippen molar-refractivity contribution in [3.05, 3.63) is 65.4 Å². The summed E-state index contributed by atoms with van der Waals surface area (Å²) < 4.78 is 25.4. The Morgan fingerprint density at radius 2 is 1.92 bits per heavy atom. The van der Waals surface area contributed by atoms with Crippen LogP contribution in [-0.2, 0) is 6.54 Å². The van der Waals surface area contributed by atoms with Crippen LogP contribution in [0.25, 0.3) is 10.9 Å². The normalized spacial score (nSPS) is 10.9. The number of carbonyl (C=O) groups excluding carboxylic acids is 2. The topological polar surface area (TPSA) is 100 Å². The monoisotopic (exact) mass is 358 g/mol. The number of hydrogen-bond acceptors (Lipinski definition) is 2. The van der Waals surface area contributed by atoms with E-state index in [9.17, 15) is 18.4 Å². The molecular weight excluding hydrogens is 342 g/mol. The Balaban J connectivity index is 1.63. The van der Waals surface area contributed by atoms with Crippen LogP contribution in [0.1, 0.15) is 28.0 Å². The van der Waals surface area contributed by atoms with E-state index in [1.807, 2.05) is 0 Å². The van der Waals surface area contributed by atoms with Gasteiger partial charge in [0.2, 0.25) is 0 Å². The van der Waals surface area contributed by atoms with E-state index >= 15 is 0 Å². The van der Waals surface area contributed by atoms with Crippen LogP contribution in [-0.4, -0.2) is 16.9 Å². The van der Waals surface area contributed by atoms with Crippen molar-refractivity contribution in [2.24, 2.45) is 5.73 Å². The number of halogens is 2. The van der Waals surface area contributed by atoms with E-state index in [1.165, 1.54) is 18.2 Å². The molecule has 0 saturated carbocycles. The average Bonchev–Trinajstić information content (AvgIpc) is 3.04. The Bertz CT molecular complexity index is 969. The minimum atomic E-state index is -2.55. The minimum Gasteiger partial charge on any atom is -0.364 e. The summed E-state index contributed by atoms with van der Waals surface area (Å²) in [5.41, 5.74) is 7.22. The average molecular weight is 358 g/mol. The molecule has 3 rings (SSSR count). The summed E-state index contributed by atoms with van der Waals surface area (Å²) in [6.45, 7) is 0.116. The maximum atomic E-state index is 12.7. The Labute approximate surface area is 147 Å². The quantitative estimate of drug-likeness (QED) is 0.561. The van der Waals surface area contributed by atoms with Crippen molar-refractivity contribution < 1.29 is 18.4 Å². The van der Waals surface area contributed by atoms with E-state index < -0.39 is 18.4 Å². The van der Waals surface area contributed by atoms with Gasteiger partial charge in [0.15, 0.2) is 0 Å². The van der Waals surface area contributed by atoms with Gasteiger partial charge in [0.25, 0.3) is 12.3 Å². The first-order chi connectivity index (χ1) is 12.4. The van der Waals surface area contributed by atoms with E-state index in [0.717, 1.165) is 5.39 Å². The fourth-order valence-electron chi connectivity index (χ4n) is 2.54. The summed E-state index contributed by atoms with van der Waals surface area (Å²) in [7, 11) is 0. The maximum Gasteiger partial charge on any atom is 0.319 e. The highest BCUT2D eigenvalue weighted by atomic mass is 19.3. The molecule has 26 heavy (non-hydrogen) atoms. The van der Waals surface area contributed by atoms with Crippen molar-refractivity contribution in [1.82, 2.24) is 10.3 Å². The molecule has 3 aromatic rings. The molecule has 6 nitrogen and oxygen atoms in total. The second-order valence-electron chi connectivity index (χ2n) is 5.70. The molecule has 0 aliphatic heterocycles. The van der Waals surface area contributed by atoms with Crippen molar-refractivity contribution in [3.8, 4) is 0 Å². The molecule has 8 heteroatoms. The molecule has 0 aliphatic rings. The van der Waals surface area contributed by atoms with Crippen molar-refractivity contribution in [2.75, 3.05) is 5.32 Å². The van der Waals surface area contributed by atoms with Crippen LogP contribution in [0.5, 0.6) is 0 Å². The first-order valence-electron chi connectivity index (χ1n) is 7.77. The lowest BCUT2D eigenvalue weighted by molar-refractivity contribution is 0.0996. The van der Waals surface area contributed by atoms with Crippen molar-refractivity contribution in [3.63, 3.8) is 0 Å². The zero-order valence-electron chi connectivity index (χ0n) is 13.6. The van der Waals surface area contributed by atoms with E-state index in [2.05, 4.69) is 15.6 Å². The molecule has 0 aliphatic carbocycles. The summed E-state index contributed by atoms with van der Waals surface area (Å²) in [6.07, 6.45) is -2.55. The van der Waals surface area contributed by atoms with Gasteiger partial charge in [-0.2, -0.15) is 0 Å². The number of hydrogen-bond donors (Lipinski definition) is 4. The molecule has 2 aromatic carbocycles. The van der Waals surface area contributed by atoms with Crippen molar-refractivity contribution in [2.45, 2.75) is 13.0 Å². The van der Waals surface area contributed by atoms with Crippen molar-refractivity contribution in [1.29, 1.82) is 0 Å². The number of amides is 3. The number of rotatable bonds is 5. The van der Waals surface area contributed by atoms with Gasteiger partial charge in [-0.25, -0.2) is 13.6 Å². The van der Waals surface area contributed by atoms with Gasteiger partial charge in [-0.05, 0) is 35.9 Å². The third kappa shape index (κ3) is 3.97. The first kappa shape index (κ1) is 17.4. The number of nitrogens with two attached hydrogens (primary N) is 1. The number of carbonyl (C=O) groups is 2. The number of H-pyrrole nitrogens is 1. The summed E-state index contributed by atoms with van der Waals surface area (Å²) >= 11 is 0. The van der Waals surface area contributed by atoms with Crippen LogP contribution >= 0.6 is 0 Å². The molecule has 1 aromatic heterocycles. The van der Waals surface area contributed by atoms with Crippen LogP contribution in [0.3, 0.4) is 0 Å². The molecule has 3 amide bonds. The van der Waals surface area contributed by atoms with E-state index in [-0.39, 0.29) is 17.8 Å². The number of anilines is 1. The Morgan fingerprint density at radius 3 is 2.65 bits per heavy atom. The van der Waals surface area contributed by atoms with Gasteiger partial charge >= 0.3 is 6.03 Å². The summed E-state index contributed by atoms with van der Waals surface area (Å²) in [4.78, 5) is 26.1. The number of aromatic amines is 1. The highest BCUT2D eigenvalue weighted by Crippen LogP contribution is 2.21. The van der Waals surface area contributed by atoms with Gasteiger partial charge in [0, 0.05) is 28.7 Å². The molecule has 0 atom stereocenters. The Morgan fingerprint density at radius 1 is 1.12 bits per heavy atom. The van der Waals surface area contributed by atoms with Crippen LogP contribution in [0.2, 0.25) is 0 Å². The molecule has 1 heterocycles. The van der Waals surface area contributed by atoms with Gasteiger partial charge in [-0.15, -0.1) is 0 Å². The SMILES string of the molecule is NC(=O)c1cc2cc(NC(=O)NCc3cccc(C(F)F)c3)ccc2[nH]1. The predicted molar refractivity (Wildman–Crippen MR) is 94.1 cm³/mol. The number of urea groups is 1. The lowest BCUT2D eigenvalue weighted by Crippen LogP contribution is -2.28. The zero-order chi connectivity index (χ0) is 18.7. The maximum absolute atomic E-state index is 12.7. The molecule has 0 bridgehead atoms. The second kappa shape index (κ2) is 7.22. The third-order valence-electron chi connectivity index (χ3n) is 3.80. The molecule has 134 valence electrons. The molecule has 0 unspecified atom stereocenters. The van der Waals surface area contributed by atoms with E-state index in [0.29, 0.717) is 16.8 Å². The molecular formula is C18H16F2N4O2. The van der Waals surface area contributed by atoms with Crippen molar-refractivity contribution >= 4 is 28.5 Å². The summed E-state index contributed by atoms with van der Waals surface area (Å²) in [6, 6.07) is 12.0. The van der Waals surface area contributed by atoms with Crippen LogP contribution in [0, 0.1) is 0 Å². The predicted octanol–water partition coefficient (Wildman–Crippen LogP) is 3.53. The number of aromatic nitrogens is 1. The zero-order valence-corrected chi connectivity index (χ0v) is 13.6. The minimum absolute atomic E-state index is 0.0899. The molecule has 0 fully saturated rings. The highest BCUT2D eigenvalue weighted by Gasteiger charge is 2.09. The number of nitrogens with one attached hydrogen (secondary N) is 3. The lowest BCUT2D eigenvalue weighted by Gasteiger charge is -2.09. The molecule has 0 saturated heterocycles. The van der Waals surface area contributed by atoms with Gasteiger partial charge in [-0.3, -0.25) is 4.79 Å².